The van der Waals surface area contributed by atoms with Crippen LogP contribution in [0.4, 0.5) is 0 Å². The zero-order chi connectivity index (χ0) is 22.5. The number of rotatable bonds is 4. The summed E-state index contributed by atoms with van der Waals surface area (Å²) in [6, 6.07) is -0.608. The monoisotopic (exact) mass is 443 g/mol. The van der Waals surface area contributed by atoms with Crippen LogP contribution in [-0.2, 0) is 13.1 Å². The Hall–Kier alpha value is -4.00. The second kappa shape index (κ2) is 9.43. The maximum absolute atomic E-state index is 12.7. The van der Waals surface area contributed by atoms with Gasteiger partial charge in [0, 0.05) is 0 Å². The number of hydrogen-bond donors (Lipinski definition) is 4. The van der Waals surface area contributed by atoms with E-state index >= 15 is 0 Å². The smallest absolute Gasteiger partial charge is 0.273 e. The molecule has 1 atom stereocenters. The summed E-state index contributed by atoms with van der Waals surface area (Å²) in [5.74, 6) is -1.12. The highest BCUT2D eigenvalue weighted by Crippen LogP contribution is 2.20. The molecule has 0 unspecified atom stereocenters. The molecular weight excluding hydrogens is 422 g/mol. The number of nitrogens with one attached hydrogen (secondary N) is 3. The quantitative estimate of drug-likeness (QED) is 0.411. The largest absolute Gasteiger partial charge is 0.446 e. The van der Waals surface area contributed by atoms with Crippen LogP contribution in [0.1, 0.15) is 74.4 Å². The summed E-state index contributed by atoms with van der Waals surface area (Å²) in [4.78, 5) is 49.7. The minimum absolute atomic E-state index is 0.0175. The number of carbonyl (C=O) groups excluding carboxylic acids is 3. The highest BCUT2D eigenvalue weighted by Gasteiger charge is 2.24. The number of amides is 3. The zero-order valence-corrected chi connectivity index (χ0v) is 16.9. The van der Waals surface area contributed by atoms with Crippen molar-refractivity contribution in [2.75, 3.05) is 6.54 Å². The molecule has 168 valence electrons. The van der Waals surface area contributed by atoms with Crippen molar-refractivity contribution in [1.82, 2.24) is 30.9 Å². The summed E-state index contributed by atoms with van der Waals surface area (Å²) in [5.41, 5.74) is 5.62. The Morgan fingerprint density at radius 3 is 2.00 bits per heavy atom. The Labute approximate surface area is 181 Å². The highest BCUT2D eigenvalue weighted by atomic mass is 16.4. The van der Waals surface area contributed by atoms with Crippen LogP contribution in [-0.4, -0.2) is 39.2 Å². The number of fused-ring (bicyclic) bond motifs is 6. The van der Waals surface area contributed by atoms with Crippen LogP contribution >= 0.6 is 0 Å². The van der Waals surface area contributed by atoms with Crippen LogP contribution < -0.4 is 21.7 Å². The van der Waals surface area contributed by atoms with E-state index in [0.29, 0.717) is 19.4 Å². The SMILES string of the molecule is NCCCC[C@@H]1NC(=O)c2coc(n2)CNC(=O)c2coc(n2)CNC(=O)c2coc1n2. The highest BCUT2D eigenvalue weighted by molar-refractivity contribution is 5.93. The summed E-state index contributed by atoms with van der Waals surface area (Å²) in [6.45, 7) is 0.378. The predicted octanol–water partition coefficient (Wildman–Crippen LogP) is 0.424. The van der Waals surface area contributed by atoms with E-state index in [1.165, 1.54) is 18.8 Å². The Morgan fingerprint density at radius 1 is 0.812 bits per heavy atom. The summed E-state index contributed by atoms with van der Waals surface area (Å²) < 4.78 is 16.0. The number of nitrogens with two attached hydrogens (primary N) is 1. The van der Waals surface area contributed by atoms with Crippen LogP contribution in [0.3, 0.4) is 0 Å². The van der Waals surface area contributed by atoms with Gasteiger partial charge < -0.3 is 34.9 Å². The maximum Gasteiger partial charge on any atom is 0.273 e. The number of hydrogen-bond acceptors (Lipinski definition) is 10. The van der Waals surface area contributed by atoms with E-state index in [-0.39, 0.29) is 47.8 Å². The molecule has 0 saturated carbocycles. The standard InChI is InChI=1S/C19H21N7O6/c20-4-2-1-3-10-19-26-12(9-32-19)17(28)22-5-14-23-11(7-30-14)16(27)21-6-15-24-13(8-31-15)18(29)25-10/h7-10H,1-6,20H2,(H,21,27)(H,22,28)(H,25,29)/t10-/m0/s1. The van der Waals surface area contributed by atoms with Gasteiger partial charge in [-0.2, -0.15) is 0 Å². The van der Waals surface area contributed by atoms with E-state index < -0.39 is 23.8 Å². The van der Waals surface area contributed by atoms with Crippen molar-refractivity contribution in [1.29, 1.82) is 0 Å². The molecule has 6 bridgehead atoms. The first kappa shape index (κ1) is 21.2. The van der Waals surface area contributed by atoms with Gasteiger partial charge in [0.2, 0.25) is 17.7 Å². The van der Waals surface area contributed by atoms with Crippen LogP contribution in [0.15, 0.2) is 32.0 Å². The van der Waals surface area contributed by atoms with Gasteiger partial charge in [-0.1, -0.05) is 0 Å². The first-order valence-corrected chi connectivity index (χ1v) is 9.95. The molecule has 0 spiro atoms. The molecule has 0 fully saturated rings. The molecule has 32 heavy (non-hydrogen) atoms. The number of oxazole rings is 3. The lowest BCUT2D eigenvalue weighted by Gasteiger charge is -2.14. The lowest BCUT2D eigenvalue weighted by atomic mass is 10.1. The average molecular weight is 443 g/mol. The molecule has 4 rings (SSSR count). The fourth-order valence-corrected chi connectivity index (χ4v) is 3.02. The molecule has 5 N–H and O–H groups in total. The third kappa shape index (κ3) is 4.83. The van der Waals surface area contributed by atoms with Gasteiger partial charge in [-0.25, -0.2) is 15.0 Å². The minimum Gasteiger partial charge on any atom is -0.446 e. The molecular formula is C19H21N7O6. The number of nitrogens with zero attached hydrogens (tertiary/aromatic N) is 3. The molecule has 1 aliphatic rings. The fourth-order valence-electron chi connectivity index (χ4n) is 3.02. The molecule has 13 heteroatoms. The van der Waals surface area contributed by atoms with E-state index in [4.69, 9.17) is 19.0 Å². The molecule has 0 radical (unpaired) electrons. The number of unbranched alkanes of at least 4 members (excludes halogenated alkanes) is 1. The number of aromatic nitrogens is 3. The molecule has 1 aliphatic heterocycles. The second-order valence-electron chi connectivity index (χ2n) is 7.00. The van der Waals surface area contributed by atoms with E-state index in [9.17, 15) is 14.4 Å². The van der Waals surface area contributed by atoms with E-state index in [1.807, 2.05) is 0 Å². The van der Waals surface area contributed by atoms with Gasteiger partial charge in [0.1, 0.15) is 24.8 Å². The summed E-state index contributed by atoms with van der Waals surface area (Å²) >= 11 is 0. The van der Waals surface area contributed by atoms with Gasteiger partial charge in [-0.05, 0) is 25.8 Å². The predicted molar refractivity (Wildman–Crippen MR) is 105 cm³/mol. The van der Waals surface area contributed by atoms with Gasteiger partial charge in [0.15, 0.2) is 17.1 Å². The Morgan fingerprint density at radius 2 is 1.38 bits per heavy atom. The Bertz CT molecular complexity index is 1120. The third-order valence-electron chi connectivity index (χ3n) is 4.67. The van der Waals surface area contributed by atoms with Crippen molar-refractivity contribution in [3.8, 4) is 0 Å². The van der Waals surface area contributed by atoms with Crippen LogP contribution in [0.25, 0.3) is 0 Å². The van der Waals surface area contributed by atoms with Crippen molar-refractivity contribution in [2.45, 2.75) is 38.4 Å². The lowest BCUT2D eigenvalue weighted by Crippen LogP contribution is -2.30. The molecule has 3 aromatic rings. The zero-order valence-electron chi connectivity index (χ0n) is 16.9. The Balaban J connectivity index is 1.61. The van der Waals surface area contributed by atoms with Crippen molar-refractivity contribution in [3.05, 3.63) is 53.5 Å². The van der Waals surface area contributed by atoms with E-state index in [1.54, 1.807) is 0 Å². The molecule has 0 saturated heterocycles. The molecule has 13 nitrogen and oxygen atoms in total. The molecule has 0 aliphatic carbocycles. The van der Waals surface area contributed by atoms with Crippen LogP contribution in [0.5, 0.6) is 0 Å². The number of carbonyl (C=O) groups is 3. The summed E-state index contributed by atoms with van der Waals surface area (Å²) in [5, 5.41) is 7.95. The van der Waals surface area contributed by atoms with Crippen molar-refractivity contribution < 1.29 is 27.6 Å². The van der Waals surface area contributed by atoms with Gasteiger partial charge in [0.05, 0.1) is 13.1 Å². The Kier molecular flexibility index (Phi) is 6.26. The molecule has 0 aromatic carbocycles. The third-order valence-corrected chi connectivity index (χ3v) is 4.67. The fraction of sp³-hybridized carbons (Fsp3) is 0.368. The van der Waals surface area contributed by atoms with E-state index in [0.717, 1.165) is 6.42 Å². The normalized spacial score (nSPS) is 17.2. The average Bonchev–Trinajstić information content (AvgIpc) is 3.55. The first-order chi connectivity index (χ1) is 15.5. The molecule has 3 amide bonds. The van der Waals surface area contributed by atoms with Gasteiger partial charge in [-0.15, -0.1) is 0 Å². The van der Waals surface area contributed by atoms with Crippen molar-refractivity contribution in [2.24, 2.45) is 5.73 Å². The van der Waals surface area contributed by atoms with Gasteiger partial charge in [-0.3, -0.25) is 14.4 Å². The maximum atomic E-state index is 12.7. The lowest BCUT2D eigenvalue weighted by molar-refractivity contribution is 0.0919. The van der Waals surface area contributed by atoms with Gasteiger partial charge >= 0.3 is 0 Å². The van der Waals surface area contributed by atoms with E-state index in [2.05, 4.69) is 30.9 Å². The first-order valence-electron chi connectivity index (χ1n) is 9.95. The topological polar surface area (TPSA) is 191 Å². The van der Waals surface area contributed by atoms with Gasteiger partial charge in [0.25, 0.3) is 17.7 Å². The summed E-state index contributed by atoms with van der Waals surface area (Å²) in [7, 11) is 0. The minimum atomic E-state index is -0.608. The second-order valence-corrected chi connectivity index (χ2v) is 7.00. The van der Waals surface area contributed by atoms with Crippen LogP contribution in [0, 0.1) is 0 Å². The van der Waals surface area contributed by atoms with Crippen LogP contribution in [0.2, 0.25) is 0 Å². The summed E-state index contributed by atoms with van der Waals surface area (Å²) in [6.07, 6.45) is 5.48. The molecule has 3 aromatic heterocycles. The van der Waals surface area contributed by atoms with Crippen molar-refractivity contribution >= 4 is 17.7 Å². The van der Waals surface area contributed by atoms with Crippen molar-refractivity contribution in [3.63, 3.8) is 0 Å². The molecule has 4 heterocycles.